The first-order valence-corrected chi connectivity index (χ1v) is 10.0. The van der Waals surface area contributed by atoms with Gasteiger partial charge in [0.2, 0.25) is 0 Å². The monoisotopic (exact) mass is 287 g/mol. The van der Waals surface area contributed by atoms with Gasteiger partial charge >= 0.3 is 0 Å². The maximum atomic E-state index is 9.16. The minimum atomic E-state index is -1.78. The van der Waals surface area contributed by atoms with E-state index in [0.29, 0.717) is 0 Å². The van der Waals surface area contributed by atoms with Crippen LogP contribution in [-0.2, 0) is 9.26 Å². The molecule has 0 amide bonds. The van der Waals surface area contributed by atoms with Crippen LogP contribution in [0.25, 0.3) is 0 Å². The van der Waals surface area contributed by atoms with E-state index in [-0.39, 0.29) is 29.8 Å². The number of hydrogen-bond donors (Lipinski definition) is 1. The maximum Gasteiger partial charge on any atom is 0.192 e. The minimum Gasteiger partial charge on any atom is -0.409 e. The number of aliphatic hydroxyl groups excluding tert-OH is 1. The van der Waals surface area contributed by atoms with Gasteiger partial charge in [-0.05, 0) is 25.1 Å². The van der Waals surface area contributed by atoms with Gasteiger partial charge in [-0.3, -0.25) is 0 Å². The lowest BCUT2D eigenvalue weighted by Crippen LogP contribution is -2.45. The molecule has 0 saturated heterocycles. The van der Waals surface area contributed by atoms with Crippen LogP contribution in [0.1, 0.15) is 41.0 Å². The van der Waals surface area contributed by atoms with Crippen LogP contribution >= 0.6 is 0 Å². The van der Waals surface area contributed by atoms with E-state index in [1.54, 1.807) is 0 Å². The Labute approximate surface area is 118 Å². The zero-order valence-corrected chi connectivity index (χ0v) is 14.4. The van der Waals surface area contributed by atoms with E-state index >= 15 is 0 Å². The Kier molecular flexibility index (Phi) is 5.20. The normalized spacial score (nSPS) is 23.8. The minimum absolute atomic E-state index is 0.00298. The molecule has 3 atom stereocenters. The van der Waals surface area contributed by atoms with E-state index in [1.165, 1.54) is 0 Å². The van der Waals surface area contributed by atoms with E-state index in [0.717, 1.165) is 12.1 Å². The third-order valence-electron chi connectivity index (χ3n) is 4.39. The molecule has 112 valence electrons. The molecule has 5 heteroatoms. The van der Waals surface area contributed by atoms with Crippen LogP contribution in [0.4, 0.5) is 0 Å². The van der Waals surface area contributed by atoms with Gasteiger partial charge in [-0.25, -0.2) is 0 Å². The SMILES string of the molecule is C[C@H](CO)[C@@H]1CC([C@@H](C)O[Si](C)(C)C(C)(C)C)=NO1. The van der Waals surface area contributed by atoms with Gasteiger partial charge in [-0.15, -0.1) is 0 Å². The zero-order valence-electron chi connectivity index (χ0n) is 13.4. The molecule has 0 aromatic heterocycles. The molecule has 19 heavy (non-hydrogen) atoms. The summed E-state index contributed by atoms with van der Waals surface area (Å²) in [6, 6.07) is 0. The van der Waals surface area contributed by atoms with Crippen LogP contribution in [0, 0.1) is 5.92 Å². The molecule has 0 unspecified atom stereocenters. The molecule has 1 aliphatic rings. The zero-order chi connectivity index (χ0) is 14.8. The van der Waals surface area contributed by atoms with Crippen LogP contribution in [0.5, 0.6) is 0 Å². The van der Waals surface area contributed by atoms with E-state index in [9.17, 15) is 0 Å². The average molecular weight is 287 g/mol. The molecular weight excluding hydrogens is 258 g/mol. The van der Waals surface area contributed by atoms with E-state index in [2.05, 4.69) is 45.9 Å². The second-order valence-electron chi connectivity index (χ2n) is 7.11. The molecule has 1 heterocycles. The highest BCUT2D eigenvalue weighted by molar-refractivity contribution is 6.74. The summed E-state index contributed by atoms with van der Waals surface area (Å²) in [5, 5.41) is 13.5. The summed E-state index contributed by atoms with van der Waals surface area (Å²) < 4.78 is 6.31. The van der Waals surface area contributed by atoms with Crippen LogP contribution in [0.2, 0.25) is 18.1 Å². The average Bonchev–Trinajstić information content (AvgIpc) is 2.75. The lowest BCUT2D eigenvalue weighted by Gasteiger charge is -2.38. The van der Waals surface area contributed by atoms with Crippen molar-refractivity contribution in [2.75, 3.05) is 6.61 Å². The van der Waals surface area contributed by atoms with Crippen molar-refractivity contribution in [1.82, 2.24) is 0 Å². The molecule has 1 N–H and O–H groups in total. The summed E-state index contributed by atoms with van der Waals surface area (Å²) in [5.41, 5.74) is 0.968. The predicted octanol–water partition coefficient (Wildman–Crippen LogP) is 3.17. The standard InChI is InChI=1S/C14H29NO3Si/c1-10(9-16)13-8-12(15-17-13)11(2)18-19(6,7)14(3,4)5/h10-11,13,16H,8-9H2,1-7H3/t10-,11-,13+/m1/s1. The molecule has 0 bridgehead atoms. The molecule has 0 spiro atoms. The first-order valence-electron chi connectivity index (χ1n) is 7.09. The first-order chi connectivity index (χ1) is 8.58. The Hall–Kier alpha value is -0.393. The highest BCUT2D eigenvalue weighted by Gasteiger charge is 2.40. The van der Waals surface area contributed by atoms with Crippen LogP contribution in [0.3, 0.4) is 0 Å². The Bertz CT molecular complexity index is 336. The lowest BCUT2D eigenvalue weighted by atomic mass is 9.99. The molecule has 0 aromatic rings. The van der Waals surface area contributed by atoms with Gasteiger partial charge in [-0.1, -0.05) is 32.9 Å². The van der Waals surface area contributed by atoms with Gasteiger partial charge in [0.05, 0.1) is 11.8 Å². The van der Waals surface area contributed by atoms with Gasteiger partial charge in [0.1, 0.15) is 6.10 Å². The summed E-state index contributed by atoms with van der Waals surface area (Å²) in [5.74, 6) is 0.112. The maximum absolute atomic E-state index is 9.16. The number of aliphatic hydroxyl groups is 1. The molecule has 0 saturated carbocycles. The summed E-state index contributed by atoms with van der Waals surface area (Å²) in [7, 11) is -1.78. The predicted molar refractivity (Wildman–Crippen MR) is 80.9 cm³/mol. The van der Waals surface area contributed by atoms with Crippen LogP contribution in [0.15, 0.2) is 5.16 Å². The van der Waals surface area contributed by atoms with E-state index < -0.39 is 8.32 Å². The first kappa shape index (κ1) is 16.7. The Balaban J connectivity index is 2.59. The van der Waals surface area contributed by atoms with E-state index in [1.807, 2.05) is 6.92 Å². The van der Waals surface area contributed by atoms with Gasteiger partial charge in [0.25, 0.3) is 0 Å². The molecule has 0 aromatic carbocycles. The van der Waals surface area contributed by atoms with Crippen molar-refractivity contribution in [2.45, 2.75) is 71.4 Å². The summed E-state index contributed by atoms with van der Waals surface area (Å²) in [6.07, 6.45) is 0.750. The topological polar surface area (TPSA) is 51.0 Å². The molecule has 0 aliphatic carbocycles. The van der Waals surface area contributed by atoms with Crippen molar-refractivity contribution in [1.29, 1.82) is 0 Å². The highest BCUT2D eigenvalue weighted by atomic mass is 28.4. The van der Waals surface area contributed by atoms with Crippen LogP contribution in [-0.4, -0.2) is 38.0 Å². The number of oxime groups is 1. The third kappa shape index (κ3) is 4.03. The largest absolute Gasteiger partial charge is 0.409 e. The Morgan fingerprint density at radius 1 is 1.42 bits per heavy atom. The number of rotatable bonds is 5. The van der Waals surface area contributed by atoms with Gasteiger partial charge in [-0.2, -0.15) is 0 Å². The fourth-order valence-electron chi connectivity index (χ4n) is 1.77. The molecule has 1 aliphatic heterocycles. The fraction of sp³-hybridized carbons (Fsp3) is 0.929. The Morgan fingerprint density at radius 3 is 2.47 bits per heavy atom. The fourth-order valence-corrected chi connectivity index (χ4v) is 3.14. The van der Waals surface area contributed by atoms with Crippen molar-refractivity contribution < 1.29 is 14.4 Å². The van der Waals surface area contributed by atoms with Crippen LogP contribution < -0.4 is 0 Å². The number of nitrogens with zero attached hydrogens (tertiary/aromatic N) is 1. The molecule has 1 rings (SSSR count). The van der Waals surface area contributed by atoms with Crippen molar-refractivity contribution in [3.8, 4) is 0 Å². The highest BCUT2D eigenvalue weighted by Crippen LogP contribution is 2.37. The second-order valence-corrected chi connectivity index (χ2v) is 11.9. The molecule has 0 fully saturated rings. The molecular formula is C14H29NO3Si. The summed E-state index contributed by atoms with van der Waals surface area (Å²) >= 11 is 0. The number of hydrogen-bond acceptors (Lipinski definition) is 4. The van der Waals surface area contributed by atoms with Gasteiger partial charge in [0, 0.05) is 18.9 Å². The van der Waals surface area contributed by atoms with Crippen molar-refractivity contribution >= 4 is 14.0 Å². The summed E-state index contributed by atoms with van der Waals surface area (Å²) in [4.78, 5) is 5.40. The smallest absolute Gasteiger partial charge is 0.192 e. The lowest BCUT2D eigenvalue weighted by molar-refractivity contribution is 0.0249. The van der Waals surface area contributed by atoms with E-state index in [4.69, 9.17) is 14.4 Å². The third-order valence-corrected chi connectivity index (χ3v) is 8.94. The Morgan fingerprint density at radius 2 is 2.00 bits per heavy atom. The quantitative estimate of drug-likeness (QED) is 0.790. The van der Waals surface area contributed by atoms with Crippen molar-refractivity contribution in [2.24, 2.45) is 11.1 Å². The van der Waals surface area contributed by atoms with Crippen molar-refractivity contribution in [3.63, 3.8) is 0 Å². The van der Waals surface area contributed by atoms with Gasteiger partial charge in [0.15, 0.2) is 8.32 Å². The molecule has 0 radical (unpaired) electrons. The van der Waals surface area contributed by atoms with Gasteiger partial charge < -0.3 is 14.4 Å². The molecule has 4 nitrogen and oxygen atoms in total. The summed E-state index contributed by atoms with van der Waals surface area (Å²) in [6.45, 7) is 15.3. The second kappa shape index (κ2) is 5.93. The van der Waals surface area contributed by atoms with Crippen molar-refractivity contribution in [3.05, 3.63) is 0 Å².